The lowest BCUT2D eigenvalue weighted by Crippen LogP contribution is -2.10. The molecule has 0 aromatic carbocycles. The molecular weight excluding hydrogens is 114 g/mol. The second kappa shape index (κ2) is 3.83. The van der Waals surface area contributed by atoms with Gasteiger partial charge in [-0.2, -0.15) is 0 Å². The summed E-state index contributed by atoms with van der Waals surface area (Å²) >= 11 is 0. The van der Waals surface area contributed by atoms with Crippen LogP contribution >= 0.6 is 0 Å². The van der Waals surface area contributed by atoms with E-state index < -0.39 is 0 Å². The van der Waals surface area contributed by atoms with Gasteiger partial charge in [-0.05, 0) is 6.42 Å². The summed E-state index contributed by atoms with van der Waals surface area (Å²) < 4.78 is 0. The molecule has 0 rings (SSSR count). The number of rotatable bonds is 3. The van der Waals surface area contributed by atoms with Crippen LogP contribution in [0.15, 0.2) is 17.3 Å². The summed E-state index contributed by atoms with van der Waals surface area (Å²) in [5.41, 5.74) is 5.38. The van der Waals surface area contributed by atoms with Crippen LogP contribution in [-0.4, -0.2) is 12.1 Å². The Kier molecular flexibility index (Phi) is 3.35. The summed E-state index contributed by atoms with van der Waals surface area (Å²) in [4.78, 5) is 3.77. The molecule has 0 aliphatic rings. The molecule has 0 aliphatic carbocycles. The highest BCUT2D eigenvalue weighted by Gasteiger charge is 1.88. The van der Waals surface area contributed by atoms with Crippen LogP contribution in [0.5, 0.6) is 0 Å². The number of nitrogens with two attached hydrogens (primary N) is 1. The summed E-state index contributed by atoms with van der Waals surface area (Å²) in [6, 6.07) is 0. The summed E-state index contributed by atoms with van der Waals surface area (Å²) in [5, 5.41) is 6.84. The van der Waals surface area contributed by atoms with Crippen LogP contribution in [0.2, 0.25) is 0 Å². The van der Waals surface area contributed by atoms with Crippen LogP contribution in [0.4, 0.5) is 0 Å². The molecule has 0 spiro atoms. The predicted molar refractivity (Wildman–Crippen MR) is 39.8 cm³/mol. The molecule has 0 radical (unpaired) electrons. The molecule has 0 heterocycles. The van der Waals surface area contributed by atoms with Gasteiger partial charge in [-0.3, -0.25) is 10.4 Å². The van der Waals surface area contributed by atoms with E-state index in [1.807, 2.05) is 6.92 Å². The molecule has 0 fully saturated rings. The zero-order chi connectivity index (χ0) is 7.28. The van der Waals surface area contributed by atoms with Crippen molar-refractivity contribution in [2.75, 3.05) is 0 Å². The Morgan fingerprint density at radius 3 is 2.78 bits per heavy atom. The smallest absolute Gasteiger partial charge is 0.141 e. The third-order valence-electron chi connectivity index (χ3n) is 0.741. The molecule has 0 amide bonds. The zero-order valence-corrected chi connectivity index (χ0v) is 5.52. The quantitative estimate of drug-likeness (QED) is 0.427. The maximum atomic E-state index is 6.84. The SMILES string of the molecule is C=C(N=CCC)C(=N)N. The molecule has 0 atom stereocenters. The molecule has 0 aliphatic heterocycles. The molecule has 3 heteroatoms. The van der Waals surface area contributed by atoms with Crippen LogP contribution in [0.3, 0.4) is 0 Å². The Bertz CT molecular complexity index is 146. The summed E-state index contributed by atoms with van der Waals surface area (Å²) in [6.07, 6.45) is 2.51. The molecule has 9 heavy (non-hydrogen) atoms. The van der Waals surface area contributed by atoms with Crippen LogP contribution < -0.4 is 5.73 Å². The fraction of sp³-hybridized carbons (Fsp3) is 0.333. The van der Waals surface area contributed by atoms with Gasteiger partial charge in [0, 0.05) is 6.21 Å². The normalized spacial score (nSPS) is 9.89. The van der Waals surface area contributed by atoms with E-state index in [4.69, 9.17) is 11.1 Å². The van der Waals surface area contributed by atoms with Gasteiger partial charge in [0.05, 0.1) is 5.70 Å². The summed E-state index contributed by atoms with van der Waals surface area (Å²) in [7, 11) is 0. The Morgan fingerprint density at radius 1 is 1.89 bits per heavy atom. The summed E-state index contributed by atoms with van der Waals surface area (Å²) in [5.74, 6) is -0.0697. The standard InChI is InChI=1S/C6H11N3/c1-3-4-9-5(2)6(7)8/h4H,2-3H2,1H3,(H3,7,8). The first-order chi connectivity index (χ1) is 4.18. The number of amidine groups is 1. The minimum absolute atomic E-state index is 0.0697. The second-order valence-corrected chi connectivity index (χ2v) is 1.58. The van der Waals surface area contributed by atoms with E-state index in [0.717, 1.165) is 6.42 Å². The third-order valence-corrected chi connectivity index (χ3v) is 0.741. The molecule has 50 valence electrons. The molecular formula is C6H11N3. The average molecular weight is 125 g/mol. The molecule has 0 aromatic rings. The van der Waals surface area contributed by atoms with Crippen molar-refractivity contribution in [3.63, 3.8) is 0 Å². The second-order valence-electron chi connectivity index (χ2n) is 1.58. The van der Waals surface area contributed by atoms with Crippen molar-refractivity contribution < 1.29 is 0 Å². The molecule has 0 bridgehead atoms. The van der Waals surface area contributed by atoms with E-state index in [9.17, 15) is 0 Å². The first-order valence-electron chi connectivity index (χ1n) is 2.74. The number of hydrogen-bond donors (Lipinski definition) is 2. The zero-order valence-electron chi connectivity index (χ0n) is 5.52. The van der Waals surface area contributed by atoms with Gasteiger partial charge in [-0.25, -0.2) is 0 Å². The topological polar surface area (TPSA) is 62.2 Å². The van der Waals surface area contributed by atoms with Gasteiger partial charge in [0.15, 0.2) is 0 Å². The van der Waals surface area contributed by atoms with Crippen molar-refractivity contribution in [2.45, 2.75) is 13.3 Å². The largest absolute Gasteiger partial charge is 0.382 e. The third kappa shape index (κ3) is 3.46. The van der Waals surface area contributed by atoms with Gasteiger partial charge < -0.3 is 5.73 Å². The number of hydrogen-bond acceptors (Lipinski definition) is 2. The van der Waals surface area contributed by atoms with Crippen molar-refractivity contribution in [1.29, 1.82) is 5.41 Å². The molecule has 3 nitrogen and oxygen atoms in total. The highest BCUT2D eigenvalue weighted by atomic mass is 14.8. The molecule has 0 unspecified atom stereocenters. The highest BCUT2D eigenvalue weighted by molar-refractivity contribution is 5.94. The van der Waals surface area contributed by atoms with E-state index in [-0.39, 0.29) is 5.84 Å². The van der Waals surface area contributed by atoms with Crippen molar-refractivity contribution in [2.24, 2.45) is 10.7 Å². The van der Waals surface area contributed by atoms with E-state index in [2.05, 4.69) is 11.6 Å². The van der Waals surface area contributed by atoms with E-state index in [0.29, 0.717) is 5.70 Å². The maximum absolute atomic E-state index is 6.84. The van der Waals surface area contributed by atoms with Crippen LogP contribution in [-0.2, 0) is 0 Å². The number of nitrogens with one attached hydrogen (secondary N) is 1. The van der Waals surface area contributed by atoms with E-state index >= 15 is 0 Å². The van der Waals surface area contributed by atoms with Gasteiger partial charge in [0.1, 0.15) is 5.84 Å². The van der Waals surface area contributed by atoms with Gasteiger partial charge in [0.25, 0.3) is 0 Å². The van der Waals surface area contributed by atoms with E-state index in [1.54, 1.807) is 6.21 Å². The molecule has 3 N–H and O–H groups in total. The van der Waals surface area contributed by atoms with E-state index in [1.165, 1.54) is 0 Å². The molecule has 0 aromatic heterocycles. The fourth-order valence-corrected chi connectivity index (χ4v) is 0.271. The monoisotopic (exact) mass is 125 g/mol. The Balaban J connectivity index is 3.77. The van der Waals surface area contributed by atoms with Crippen molar-refractivity contribution in [3.05, 3.63) is 12.3 Å². The Hall–Kier alpha value is -1.12. The molecule has 0 saturated carbocycles. The minimum atomic E-state index is -0.0697. The van der Waals surface area contributed by atoms with Crippen LogP contribution in [0, 0.1) is 5.41 Å². The summed E-state index contributed by atoms with van der Waals surface area (Å²) in [6.45, 7) is 5.40. The van der Waals surface area contributed by atoms with Crippen LogP contribution in [0.25, 0.3) is 0 Å². The van der Waals surface area contributed by atoms with Crippen molar-refractivity contribution in [3.8, 4) is 0 Å². The Labute approximate surface area is 54.8 Å². The van der Waals surface area contributed by atoms with Crippen LogP contribution in [0.1, 0.15) is 13.3 Å². The lowest BCUT2D eigenvalue weighted by Gasteiger charge is -1.91. The van der Waals surface area contributed by atoms with Gasteiger partial charge in [-0.15, -0.1) is 0 Å². The predicted octanol–water partition coefficient (Wildman–Crippen LogP) is 0.917. The first kappa shape index (κ1) is 7.88. The fourth-order valence-electron chi connectivity index (χ4n) is 0.271. The van der Waals surface area contributed by atoms with Gasteiger partial charge in [0.2, 0.25) is 0 Å². The highest BCUT2D eigenvalue weighted by Crippen LogP contribution is 1.88. The van der Waals surface area contributed by atoms with Crippen molar-refractivity contribution >= 4 is 12.1 Å². The lowest BCUT2D eigenvalue weighted by molar-refractivity contribution is 1.29. The van der Waals surface area contributed by atoms with Gasteiger partial charge >= 0.3 is 0 Å². The first-order valence-corrected chi connectivity index (χ1v) is 2.74. The minimum Gasteiger partial charge on any atom is -0.382 e. The average Bonchev–Trinajstić information content (AvgIpc) is 1.82. The van der Waals surface area contributed by atoms with Crippen molar-refractivity contribution in [1.82, 2.24) is 0 Å². The Morgan fingerprint density at radius 2 is 2.44 bits per heavy atom. The van der Waals surface area contributed by atoms with Gasteiger partial charge in [-0.1, -0.05) is 13.5 Å². The number of nitrogens with zero attached hydrogens (tertiary/aromatic N) is 1. The number of aliphatic imine (C=N–C) groups is 1. The lowest BCUT2D eigenvalue weighted by atomic mass is 10.4. The molecule has 0 saturated heterocycles. The maximum Gasteiger partial charge on any atom is 0.141 e.